The van der Waals surface area contributed by atoms with Gasteiger partial charge in [-0.15, -0.1) is 0 Å². The summed E-state index contributed by atoms with van der Waals surface area (Å²) in [6, 6.07) is 15.4. The Hall–Kier alpha value is -4.40. The number of benzene rings is 2. The van der Waals surface area contributed by atoms with Crippen molar-refractivity contribution in [2.75, 3.05) is 18.4 Å². The van der Waals surface area contributed by atoms with Crippen LogP contribution in [-0.2, 0) is 11.0 Å². The molecule has 2 aromatic carbocycles. The summed E-state index contributed by atoms with van der Waals surface area (Å²) >= 11 is 0. The highest BCUT2D eigenvalue weighted by molar-refractivity contribution is 6.04. The molecular weight excluding hydrogens is 481 g/mol. The van der Waals surface area contributed by atoms with Crippen LogP contribution in [0, 0.1) is 0 Å². The Kier molecular flexibility index (Phi) is 6.29. The van der Waals surface area contributed by atoms with Crippen molar-refractivity contribution >= 4 is 23.0 Å². The highest BCUT2D eigenvalue weighted by atomic mass is 19.4. The number of anilines is 1. The van der Waals surface area contributed by atoms with Crippen LogP contribution in [0.2, 0.25) is 0 Å². The molecule has 1 fully saturated rings. The van der Waals surface area contributed by atoms with Gasteiger partial charge in [0.05, 0.1) is 23.1 Å². The fraction of sp³-hybridized carbons (Fsp3) is 0.179. The monoisotopic (exact) mass is 504 g/mol. The first-order valence-electron chi connectivity index (χ1n) is 11.7. The van der Waals surface area contributed by atoms with Crippen molar-refractivity contribution in [1.82, 2.24) is 14.3 Å². The Morgan fingerprint density at radius 2 is 1.86 bits per heavy atom. The topological polar surface area (TPSA) is 66.7 Å². The molecular formula is C28H23F3N4O2. The number of likely N-dealkylation sites (tertiary alicyclic amines) is 1. The third-order valence-corrected chi connectivity index (χ3v) is 6.61. The van der Waals surface area contributed by atoms with E-state index >= 15 is 0 Å². The molecule has 1 aliphatic rings. The highest BCUT2D eigenvalue weighted by Crippen LogP contribution is 2.35. The summed E-state index contributed by atoms with van der Waals surface area (Å²) in [5.41, 5.74) is 3.40. The lowest BCUT2D eigenvalue weighted by Crippen LogP contribution is -2.26. The minimum Gasteiger partial charge on any atom is -0.339 e. The zero-order valence-corrected chi connectivity index (χ0v) is 19.7. The molecule has 2 aromatic heterocycles. The number of alkyl halides is 3. The fourth-order valence-electron chi connectivity index (χ4n) is 4.74. The van der Waals surface area contributed by atoms with E-state index in [1.807, 2.05) is 10.5 Å². The van der Waals surface area contributed by atoms with Crippen LogP contribution >= 0.6 is 0 Å². The van der Waals surface area contributed by atoms with Crippen LogP contribution < -0.4 is 5.32 Å². The van der Waals surface area contributed by atoms with Gasteiger partial charge in [0.2, 0.25) is 5.91 Å². The first-order chi connectivity index (χ1) is 17.7. The van der Waals surface area contributed by atoms with Gasteiger partial charge in [-0.25, -0.2) is 4.98 Å². The summed E-state index contributed by atoms with van der Waals surface area (Å²) in [5, 5.41) is 2.53. The summed E-state index contributed by atoms with van der Waals surface area (Å²) in [4.78, 5) is 30.8. The van der Waals surface area contributed by atoms with Gasteiger partial charge in [-0.2, -0.15) is 13.2 Å². The second-order valence-corrected chi connectivity index (χ2v) is 8.90. The quantitative estimate of drug-likeness (QED) is 0.351. The summed E-state index contributed by atoms with van der Waals surface area (Å²) in [5.74, 6) is -0.411. The molecule has 188 valence electrons. The second-order valence-electron chi connectivity index (χ2n) is 8.90. The maximum absolute atomic E-state index is 13.0. The molecule has 4 aromatic rings. The second kappa shape index (κ2) is 9.57. The Morgan fingerprint density at radius 3 is 2.59 bits per heavy atom. The minimum absolute atomic E-state index is 0.0674. The fourth-order valence-corrected chi connectivity index (χ4v) is 4.74. The molecule has 1 aliphatic heterocycles. The molecule has 0 radical (unpaired) electrons. The number of amides is 2. The van der Waals surface area contributed by atoms with Crippen molar-refractivity contribution in [3.05, 3.63) is 103 Å². The van der Waals surface area contributed by atoms with Crippen LogP contribution in [0.4, 0.5) is 18.9 Å². The van der Waals surface area contributed by atoms with Gasteiger partial charge in [0, 0.05) is 36.5 Å². The lowest BCUT2D eigenvalue weighted by atomic mass is 9.98. The normalized spacial score (nSPS) is 15.6. The molecule has 1 unspecified atom stereocenters. The first-order valence-corrected chi connectivity index (χ1v) is 11.7. The van der Waals surface area contributed by atoms with E-state index < -0.39 is 17.6 Å². The summed E-state index contributed by atoms with van der Waals surface area (Å²) in [7, 11) is 0. The molecule has 0 saturated carbocycles. The lowest BCUT2D eigenvalue weighted by Gasteiger charge is -2.13. The molecule has 0 aliphatic carbocycles. The third-order valence-electron chi connectivity index (χ3n) is 6.61. The van der Waals surface area contributed by atoms with Crippen LogP contribution in [0.5, 0.6) is 0 Å². The minimum atomic E-state index is -4.49. The van der Waals surface area contributed by atoms with Crippen molar-refractivity contribution < 1.29 is 22.8 Å². The van der Waals surface area contributed by atoms with Crippen molar-refractivity contribution in [1.29, 1.82) is 0 Å². The van der Waals surface area contributed by atoms with Crippen LogP contribution in [-0.4, -0.2) is 39.2 Å². The van der Waals surface area contributed by atoms with Crippen molar-refractivity contribution in [2.45, 2.75) is 18.5 Å². The number of hydrogen-bond acceptors (Lipinski definition) is 3. The van der Waals surface area contributed by atoms with Gasteiger partial charge < -0.3 is 14.6 Å². The van der Waals surface area contributed by atoms with Crippen LogP contribution in [0.25, 0.3) is 16.8 Å². The van der Waals surface area contributed by atoms with E-state index in [4.69, 9.17) is 0 Å². The Bertz CT molecular complexity index is 1490. The first kappa shape index (κ1) is 24.3. The average molecular weight is 505 g/mol. The number of rotatable bonds is 5. The lowest BCUT2D eigenvalue weighted by molar-refractivity contribution is -0.137. The molecule has 9 heteroatoms. The van der Waals surface area contributed by atoms with E-state index in [-0.39, 0.29) is 17.5 Å². The average Bonchev–Trinajstić information content (AvgIpc) is 3.53. The molecule has 6 nitrogen and oxygen atoms in total. The molecule has 1 atom stereocenters. The number of carbonyl (C=O) groups is 2. The van der Waals surface area contributed by atoms with Gasteiger partial charge in [0.1, 0.15) is 0 Å². The van der Waals surface area contributed by atoms with Gasteiger partial charge in [-0.1, -0.05) is 24.8 Å². The van der Waals surface area contributed by atoms with Gasteiger partial charge in [0.25, 0.3) is 5.91 Å². The van der Waals surface area contributed by atoms with Crippen molar-refractivity contribution in [2.24, 2.45) is 0 Å². The Balaban J connectivity index is 1.39. The van der Waals surface area contributed by atoms with Crippen molar-refractivity contribution in [3.63, 3.8) is 0 Å². The number of hydrogen-bond donors (Lipinski definition) is 1. The van der Waals surface area contributed by atoms with E-state index in [9.17, 15) is 22.8 Å². The summed E-state index contributed by atoms with van der Waals surface area (Å²) < 4.78 is 40.9. The summed E-state index contributed by atoms with van der Waals surface area (Å²) in [6.45, 7) is 4.86. The maximum Gasteiger partial charge on any atom is 0.416 e. The molecule has 0 bridgehead atoms. The zero-order valence-electron chi connectivity index (χ0n) is 19.7. The van der Waals surface area contributed by atoms with Crippen LogP contribution in [0.3, 0.4) is 0 Å². The van der Waals surface area contributed by atoms with E-state index in [1.165, 1.54) is 18.2 Å². The van der Waals surface area contributed by atoms with E-state index in [0.29, 0.717) is 18.7 Å². The van der Waals surface area contributed by atoms with E-state index in [2.05, 4.69) is 22.9 Å². The van der Waals surface area contributed by atoms with Crippen molar-refractivity contribution in [3.8, 4) is 11.3 Å². The number of fused-ring (bicyclic) bond motifs is 1. The zero-order chi connectivity index (χ0) is 26.2. The Labute approximate surface area is 211 Å². The highest BCUT2D eigenvalue weighted by Gasteiger charge is 2.31. The maximum atomic E-state index is 13.0. The molecule has 37 heavy (non-hydrogen) atoms. The molecule has 1 N–H and O–H groups in total. The number of nitrogens with one attached hydrogen (secondary N) is 1. The smallest absolute Gasteiger partial charge is 0.339 e. The molecule has 0 spiro atoms. The molecule has 1 saturated heterocycles. The predicted molar refractivity (Wildman–Crippen MR) is 134 cm³/mol. The Morgan fingerprint density at radius 1 is 1.08 bits per heavy atom. The van der Waals surface area contributed by atoms with Gasteiger partial charge >= 0.3 is 6.18 Å². The third kappa shape index (κ3) is 4.84. The van der Waals surface area contributed by atoms with E-state index in [1.54, 1.807) is 41.7 Å². The van der Waals surface area contributed by atoms with Gasteiger partial charge in [0.15, 0.2) is 0 Å². The largest absolute Gasteiger partial charge is 0.416 e. The van der Waals surface area contributed by atoms with Crippen LogP contribution in [0.15, 0.2) is 85.8 Å². The number of carbonyl (C=O) groups excluding carboxylic acids is 2. The predicted octanol–water partition coefficient (Wildman–Crippen LogP) is 5.77. The van der Waals surface area contributed by atoms with Gasteiger partial charge in [-0.3, -0.25) is 9.59 Å². The molecule has 3 heterocycles. The molecule has 2 amide bonds. The number of halogens is 3. The van der Waals surface area contributed by atoms with Crippen LogP contribution in [0.1, 0.15) is 33.8 Å². The number of nitrogens with zero attached hydrogens (tertiary/aromatic N) is 3. The summed E-state index contributed by atoms with van der Waals surface area (Å²) in [6.07, 6.45) is 1.14. The number of aromatic nitrogens is 2. The van der Waals surface area contributed by atoms with Gasteiger partial charge in [-0.05, 0) is 66.1 Å². The molecule has 5 rings (SSSR count). The van der Waals surface area contributed by atoms with E-state index in [0.717, 1.165) is 40.9 Å². The SMILES string of the molecule is C=CC(=O)N1CCC(c2cc(-c3ccc(C(=O)Nc4cccc(C(F)(F)F)c4)cc3)n3cnccc23)C1. The standard InChI is InChI=1S/C28H23F3N4O2/c1-2-26(36)34-13-11-20(16-34)23-15-25(35-17-32-12-10-24(23)35)18-6-8-19(9-7-18)27(37)33-22-5-3-4-21(14-22)28(29,30)31/h2-10,12,14-15,17,20H,1,11,13,16H2,(H,33,37).